The standard InChI is InChI=1S/C26H30N7O3PS2/c1-17(34)31-39(35,37)21-9-5-19(6-10-21)30-26(38)33-13-11-32(12-14-33)25-23-22(15-27-24(23)28-16-29-25)18-3-7-20(36-2)8-4-18/h3-10,15-16,39H,11-14,37H2,1-2H3,(H,30,38)(H,27,28,29)(H,31,34,35). The van der Waals surface area contributed by atoms with Crippen LogP contribution in [-0.2, 0) is 14.5 Å². The van der Waals surface area contributed by atoms with Crippen molar-refractivity contribution in [2.45, 2.75) is 11.8 Å². The van der Waals surface area contributed by atoms with Crippen molar-refractivity contribution < 1.29 is 13.7 Å². The van der Waals surface area contributed by atoms with Gasteiger partial charge < -0.3 is 24.8 Å². The quantitative estimate of drug-likeness (QED) is 0.154. The molecule has 1 amide bonds. The predicted molar refractivity (Wildman–Crippen MR) is 164 cm³/mol. The number of thiol groups is 1. The number of nitrogens with one attached hydrogen (secondary N) is 3. The van der Waals surface area contributed by atoms with Crippen LogP contribution in [0, 0.1) is 0 Å². The van der Waals surface area contributed by atoms with Gasteiger partial charge >= 0.3 is 0 Å². The predicted octanol–water partition coefficient (Wildman–Crippen LogP) is 3.37. The van der Waals surface area contributed by atoms with E-state index in [-0.39, 0.29) is 5.91 Å². The number of nitrogens with zero attached hydrogens (tertiary/aromatic N) is 4. The third-order valence-electron chi connectivity index (χ3n) is 6.54. The molecule has 13 heteroatoms. The number of aromatic nitrogens is 3. The summed E-state index contributed by atoms with van der Waals surface area (Å²) in [5, 5.41) is 4.87. The van der Waals surface area contributed by atoms with E-state index in [0.717, 1.165) is 65.6 Å². The lowest BCUT2D eigenvalue weighted by atomic mass is 10.1. The first-order valence-corrected chi connectivity index (χ1v) is 16.0. The molecule has 10 nitrogen and oxygen atoms in total. The summed E-state index contributed by atoms with van der Waals surface area (Å²) in [4.78, 5) is 28.7. The maximum Gasteiger partial charge on any atom is 0.227 e. The summed E-state index contributed by atoms with van der Waals surface area (Å²) in [6.45, 7) is 4.28. The Labute approximate surface area is 235 Å². The SMILES string of the molecule is COc1ccc(-c2c[nH]c3ncnc(N4CCN(C(=S)Nc5ccc([SH](=O)(P)NC(C)=O)cc5)CC4)c23)cc1. The number of rotatable bonds is 6. The molecule has 0 radical (unpaired) electrons. The van der Waals surface area contributed by atoms with E-state index < -0.39 is 9.74 Å². The molecule has 0 spiro atoms. The van der Waals surface area contributed by atoms with Crippen molar-refractivity contribution >= 4 is 64.0 Å². The summed E-state index contributed by atoms with van der Waals surface area (Å²) in [6, 6.07) is 15.0. The summed E-state index contributed by atoms with van der Waals surface area (Å²) >= 11 is 5.68. The minimum atomic E-state index is -3.04. The molecule has 2 aromatic carbocycles. The maximum absolute atomic E-state index is 12.7. The first-order valence-electron chi connectivity index (χ1n) is 12.3. The summed E-state index contributed by atoms with van der Waals surface area (Å²) < 4.78 is 20.5. The molecule has 2 aromatic heterocycles. The highest BCUT2D eigenvalue weighted by atomic mass is 32.8. The van der Waals surface area contributed by atoms with E-state index in [1.165, 1.54) is 6.92 Å². The van der Waals surface area contributed by atoms with Crippen molar-refractivity contribution in [1.29, 1.82) is 0 Å². The van der Waals surface area contributed by atoms with Gasteiger partial charge in [-0.05, 0) is 72.4 Å². The van der Waals surface area contributed by atoms with Crippen molar-refractivity contribution in [3.05, 3.63) is 61.1 Å². The fourth-order valence-corrected chi connectivity index (χ4v) is 7.12. The fraction of sp³-hybridized carbons (Fsp3) is 0.231. The molecule has 1 aliphatic heterocycles. The zero-order valence-electron chi connectivity index (χ0n) is 21.5. The summed E-state index contributed by atoms with van der Waals surface area (Å²) in [6.07, 6.45) is 3.56. The molecule has 1 aliphatic rings. The Morgan fingerprint density at radius 2 is 1.77 bits per heavy atom. The van der Waals surface area contributed by atoms with Crippen LogP contribution in [0.25, 0.3) is 22.2 Å². The number of piperazine rings is 1. The number of hydrogen-bond donors (Lipinski definition) is 4. The van der Waals surface area contributed by atoms with Crippen LogP contribution in [0.15, 0.2) is 66.0 Å². The van der Waals surface area contributed by atoms with Gasteiger partial charge in [0.15, 0.2) is 5.11 Å². The van der Waals surface area contributed by atoms with Gasteiger partial charge in [0.2, 0.25) is 5.91 Å². The second-order valence-corrected chi connectivity index (χ2v) is 13.8. The number of thiocarbonyl (C=S) groups is 1. The number of anilines is 2. The number of H-pyrrole nitrogens is 1. The molecule has 3 heterocycles. The van der Waals surface area contributed by atoms with Crippen molar-refractivity contribution in [2.24, 2.45) is 0 Å². The highest BCUT2D eigenvalue weighted by molar-refractivity contribution is 8.44. The normalized spacial score (nSPS) is 14.2. The van der Waals surface area contributed by atoms with Crippen LogP contribution in [0.4, 0.5) is 11.5 Å². The Morgan fingerprint density at radius 3 is 2.41 bits per heavy atom. The van der Waals surface area contributed by atoms with Crippen molar-refractivity contribution in [2.75, 3.05) is 43.5 Å². The Bertz CT molecular complexity index is 1550. The van der Waals surface area contributed by atoms with Crippen LogP contribution >= 0.6 is 20.7 Å². The van der Waals surface area contributed by atoms with E-state index in [1.807, 2.05) is 30.5 Å². The lowest BCUT2D eigenvalue weighted by Crippen LogP contribution is -2.50. The number of amides is 1. The molecule has 0 saturated carbocycles. The number of hydrogen-bond acceptors (Lipinski definition) is 7. The lowest BCUT2D eigenvalue weighted by molar-refractivity contribution is -0.117. The van der Waals surface area contributed by atoms with Crippen molar-refractivity contribution in [1.82, 2.24) is 24.6 Å². The number of ether oxygens (including phenoxy) is 1. The minimum Gasteiger partial charge on any atom is -0.497 e. The van der Waals surface area contributed by atoms with Gasteiger partial charge in [0, 0.05) is 55.4 Å². The van der Waals surface area contributed by atoms with Crippen LogP contribution in [0.3, 0.4) is 0 Å². The van der Waals surface area contributed by atoms with Gasteiger partial charge in [-0.3, -0.25) is 13.7 Å². The molecule has 1 atom stereocenters. The Morgan fingerprint density at radius 1 is 1.08 bits per heavy atom. The number of methoxy groups -OCH3 is 1. The molecule has 5 rings (SSSR count). The number of aromatic amines is 1. The Hall–Kier alpha value is -3.60. The molecule has 39 heavy (non-hydrogen) atoms. The molecule has 204 valence electrons. The maximum atomic E-state index is 12.7. The molecule has 4 aromatic rings. The van der Waals surface area contributed by atoms with Gasteiger partial charge in [-0.15, -0.1) is 0 Å². The van der Waals surface area contributed by atoms with Gasteiger partial charge in [0.05, 0.1) is 12.5 Å². The number of carbonyl (C=O) groups excluding carboxylic acids is 1. The molecular weight excluding hydrogens is 553 g/mol. The van der Waals surface area contributed by atoms with E-state index in [2.05, 4.69) is 43.2 Å². The summed E-state index contributed by atoms with van der Waals surface area (Å²) in [5.74, 6) is 1.36. The first kappa shape index (κ1) is 27.0. The molecule has 0 bridgehead atoms. The van der Waals surface area contributed by atoms with Crippen LogP contribution < -0.4 is 19.7 Å². The highest BCUT2D eigenvalue weighted by Gasteiger charge is 2.24. The van der Waals surface area contributed by atoms with Crippen molar-refractivity contribution in [3.63, 3.8) is 0 Å². The van der Waals surface area contributed by atoms with Crippen molar-refractivity contribution in [3.8, 4) is 16.9 Å². The zero-order chi connectivity index (χ0) is 27.6. The van der Waals surface area contributed by atoms with Gasteiger partial charge in [-0.1, -0.05) is 12.1 Å². The smallest absolute Gasteiger partial charge is 0.227 e. The third-order valence-corrected chi connectivity index (χ3v) is 9.90. The molecule has 1 unspecified atom stereocenters. The Kier molecular flexibility index (Phi) is 7.79. The van der Waals surface area contributed by atoms with E-state index in [0.29, 0.717) is 10.0 Å². The monoisotopic (exact) mass is 583 g/mol. The minimum absolute atomic E-state index is 0.341. The summed E-state index contributed by atoms with van der Waals surface area (Å²) in [5.41, 5.74) is 3.68. The summed E-state index contributed by atoms with van der Waals surface area (Å²) in [7, 11) is 0.871. The number of carbonyl (C=O) groups is 1. The second-order valence-electron chi connectivity index (χ2n) is 9.13. The zero-order valence-corrected chi connectivity index (χ0v) is 24.4. The highest BCUT2D eigenvalue weighted by Crippen LogP contribution is 2.34. The molecule has 1 saturated heterocycles. The second kappa shape index (κ2) is 11.3. The van der Waals surface area contributed by atoms with Crippen LogP contribution in [0.5, 0.6) is 5.75 Å². The Balaban J connectivity index is 1.26. The molecule has 1 fully saturated rings. The first-order chi connectivity index (χ1) is 18.7. The average Bonchev–Trinajstić information content (AvgIpc) is 3.37. The van der Waals surface area contributed by atoms with Gasteiger partial charge in [-0.2, -0.15) is 0 Å². The molecule has 0 aliphatic carbocycles. The van der Waals surface area contributed by atoms with Crippen LogP contribution in [-0.4, -0.2) is 68.4 Å². The lowest BCUT2D eigenvalue weighted by Gasteiger charge is -2.37. The molecule has 3 N–H and O–H groups in total. The van der Waals surface area contributed by atoms with Crippen LogP contribution in [0.2, 0.25) is 0 Å². The number of fused-ring (bicyclic) bond motifs is 1. The van der Waals surface area contributed by atoms with Gasteiger partial charge in [0.25, 0.3) is 0 Å². The van der Waals surface area contributed by atoms with Gasteiger partial charge in [-0.25, -0.2) is 9.97 Å². The van der Waals surface area contributed by atoms with E-state index in [9.17, 15) is 9.00 Å². The third kappa shape index (κ3) is 5.88. The van der Waals surface area contributed by atoms with E-state index in [4.69, 9.17) is 17.0 Å². The van der Waals surface area contributed by atoms with E-state index in [1.54, 1.807) is 37.7 Å². The number of benzene rings is 2. The largest absolute Gasteiger partial charge is 0.497 e. The molecular formula is C26H30N7O3PS2. The van der Waals surface area contributed by atoms with Gasteiger partial charge in [0.1, 0.15) is 23.5 Å². The average molecular weight is 584 g/mol. The van der Waals surface area contributed by atoms with E-state index >= 15 is 0 Å². The topological polar surface area (TPSA) is 115 Å². The fourth-order valence-electron chi connectivity index (χ4n) is 4.57. The van der Waals surface area contributed by atoms with Crippen LogP contribution in [0.1, 0.15) is 6.92 Å².